The summed E-state index contributed by atoms with van der Waals surface area (Å²) in [6, 6.07) is 14.7. The molecule has 11 heteroatoms. The van der Waals surface area contributed by atoms with Gasteiger partial charge in [-0.25, -0.2) is 0 Å². The van der Waals surface area contributed by atoms with E-state index in [4.69, 9.17) is 9.05 Å². The van der Waals surface area contributed by atoms with Crippen LogP contribution in [0.1, 0.15) is 30.1 Å². The van der Waals surface area contributed by atoms with E-state index in [1.54, 1.807) is 42.5 Å². The molecule has 2 aromatic heterocycles. The lowest BCUT2D eigenvalue weighted by Gasteiger charge is -2.33. The molecule has 194 valence electrons. The number of benzene rings is 2. The summed E-state index contributed by atoms with van der Waals surface area (Å²) in [6.07, 6.45) is -3.53. The summed E-state index contributed by atoms with van der Waals surface area (Å²) < 4.78 is 52.0. The highest BCUT2D eigenvalue weighted by atomic mass is 19.4. The number of rotatable bonds is 7. The second-order valence-electron chi connectivity index (χ2n) is 9.11. The van der Waals surface area contributed by atoms with Gasteiger partial charge >= 0.3 is 6.18 Å². The first-order chi connectivity index (χ1) is 17.8. The lowest BCUT2D eigenvalue weighted by atomic mass is 9.98. The summed E-state index contributed by atoms with van der Waals surface area (Å²) in [5.74, 6) is -0.796. The molecule has 0 amide bonds. The highest BCUT2D eigenvalue weighted by Crippen LogP contribution is 2.43. The molecule has 2 N–H and O–H groups in total. The maximum Gasteiger partial charge on any atom is 0.422 e. The molecule has 0 spiro atoms. The van der Waals surface area contributed by atoms with Gasteiger partial charge in [-0.1, -0.05) is 64.9 Å². The minimum absolute atomic E-state index is 0.0728. The van der Waals surface area contributed by atoms with Crippen molar-refractivity contribution in [1.82, 2.24) is 20.2 Å². The molecule has 1 aliphatic rings. The Bertz CT molecular complexity index is 1320. The molecular weight excluding hydrogens is 489 g/mol. The number of β-amino-alcohol motifs (C(OH)–C–C–N with tert-alkyl or cyclic N) is 1. The second-order valence-corrected chi connectivity index (χ2v) is 9.11. The van der Waals surface area contributed by atoms with Gasteiger partial charge in [0.2, 0.25) is 11.6 Å². The van der Waals surface area contributed by atoms with E-state index in [1.165, 1.54) is 12.1 Å². The third-order valence-corrected chi connectivity index (χ3v) is 6.49. The molecule has 2 atom stereocenters. The van der Waals surface area contributed by atoms with E-state index in [0.717, 1.165) is 25.9 Å². The van der Waals surface area contributed by atoms with Crippen molar-refractivity contribution in [1.29, 1.82) is 0 Å². The summed E-state index contributed by atoms with van der Waals surface area (Å²) in [5, 5.41) is 27.5. The smallest absolute Gasteiger partial charge is 0.396 e. The van der Waals surface area contributed by atoms with Gasteiger partial charge in [0.05, 0.1) is 6.10 Å². The predicted molar refractivity (Wildman–Crippen MR) is 127 cm³/mol. The molecule has 1 fully saturated rings. The minimum Gasteiger partial charge on any atom is -0.396 e. The first-order valence-electron chi connectivity index (χ1n) is 11.9. The summed E-state index contributed by atoms with van der Waals surface area (Å²) in [4.78, 5) is 6.24. The Morgan fingerprint density at radius 1 is 1.00 bits per heavy atom. The first-order valence-corrected chi connectivity index (χ1v) is 11.9. The molecule has 4 aromatic rings. The topological polar surface area (TPSA) is 109 Å². The monoisotopic (exact) mass is 514 g/mol. The zero-order valence-corrected chi connectivity index (χ0v) is 19.7. The molecule has 8 nitrogen and oxygen atoms in total. The van der Waals surface area contributed by atoms with Crippen LogP contribution in [0.4, 0.5) is 13.2 Å². The van der Waals surface area contributed by atoms with Crippen molar-refractivity contribution in [2.24, 2.45) is 5.92 Å². The maximum absolute atomic E-state index is 13.9. The van der Waals surface area contributed by atoms with Crippen molar-refractivity contribution in [3.05, 3.63) is 65.7 Å². The Balaban J connectivity index is 1.35. The largest absolute Gasteiger partial charge is 0.422 e. The van der Waals surface area contributed by atoms with Crippen molar-refractivity contribution < 1.29 is 32.4 Å². The Morgan fingerprint density at radius 3 is 2.46 bits per heavy atom. The molecule has 3 heterocycles. The average Bonchev–Trinajstić information content (AvgIpc) is 3.57. The van der Waals surface area contributed by atoms with Crippen molar-refractivity contribution in [3.8, 4) is 34.3 Å². The number of hydrogen-bond acceptors (Lipinski definition) is 8. The third-order valence-electron chi connectivity index (χ3n) is 6.49. The van der Waals surface area contributed by atoms with Gasteiger partial charge in [0.1, 0.15) is 11.3 Å². The average molecular weight is 515 g/mol. The van der Waals surface area contributed by atoms with Crippen LogP contribution in [-0.4, -0.2) is 56.7 Å². The molecule has 0 aliphatic carbocycles. The minimum atomic E-state index is -4.77. The SMILES string of the molecule is OCC1CCCN(CC(O)c2ccc(-c3noc(-c4onc(-c5ccccc5)c4C(F)(F)F)n3)cc2)C1. The summed E-state index contributed by atoms with van der Waals surface area (Å²) in [5.41, 5.74) is -0.0230. The van der Waals surface area contributed by atoms with Gasteiger partial charge in [0.15, 0.2) is 0 Å². The molecule has 2 aromatic carbocycles. The molecule has 2 unspecified atom stereocenters. The van der Waals surface area contributed by atoms with E-state index < -0.39 is 29.5 Å². The number of piperidine rings is 1. The van der Waals surface area contributed by atoms with Crippen LogP contribution in [-0.2, 0) is 6.18 Å². The zero-order chi connectivity index (χ0) is 26.0. The van der Waals surface area contributed by atoms with E-state index in [9.17, 15) is 23.4 Å². The van der Waals surface area contributed by atoms with Crippen LogP contribution in [0.3, 0.4) is 0 Å². The number of aliphatic hydroxyl groups is 2. The Kier molecular flexibility index (Phi) is 7.09. The lowest BCUT2D eigenvalue weighted by molar-refractivity contribution is -0.136. The summed E-state index contributed by atoms with van der Waals surface area (Å²) >= 11 is 0. The highest BCUT2D eigenvalue weighted by molar-refractivity contribution is 5.71. The van der Waals surface area contributed by atoms with E-state index in [1.807, 2.05) is 0 Å². The van der Waals surface area contributed by atoms with Gasteiger partial charge in [0, 0.05) is 30.8 Å². The molecule has 1 saturated heterocycles. The normalized spacial score (nSPS) is 17.7. The molecule has 0 saturated carbocycles. The fraction of sp³-hybridized carbons (Fsp3) is 0.346. The van der Waals surface area contributed by atoms with E-state index >= 15 is 0 Å². The van der Waals surface area contributed by atoms with Crippen LogP contribution in [0.25, 0.3) is 34.3 Å². The summed E-state index contributed by atoms with van der Waals surface area (Å²) in [7, 11) is 0. The van der Waals surface area contributed by atoms with Crippen molar-refractivity contribution >= 4 is 0 Å². The van der Waals surface area contributed by atoms with Crippen molar-refractivity contribution in [3.63, 3.8) is 0 Å². The van der Waals surface area contributed by atoms with Gasteiger partial charge in [-0.3, -0.25) is 0 Å². The predicted octanol–water partition coefficient (Wildman–Crippen LogP) is 4.82. The van der Waals surface area contributed by atoms with Crippen LogP contribution in [0.2, 0.25) is 0 Å². The highest BCUT2D eigenvalue weighted by Gasteiger charge is 2.43. The molecule has 5 rings (SSSR count). The first kappa shape index (κ1) is 25.1. The van der Waals surface area contributed by atoms with Crippen LogP contribution >= 0.6 is 0 Å². The number of halogens is 3. The van der Waals surface area contributed by atoms with Crippen LogP contribution < -0.4 is 0 Å². The Labute approximate surface area is 210 Å². The molecule has 37 heavy (non-hydrogen) atoms. The van der Waals surface area contributed by atoms with E-state index in [-0.39, 0.29) is 29.6 Å². The standard InChI is InChI=1S/C26H25F3N4O4/c27-26(28,29)21-22(18-6-2-1-3-7-18)31-36-23(21)25-30-24(32-37-25)19-10-8-17(9-11-19)20(35)14-33-12-4-5-16(13-33)15-34/h1-3,6-11,16,20,34-35H,4-5,12-15H2. The number of hydrogen-bond donors (Lipinski definition) is 2. The molecule has 1 aliphatic heterocycles. The van der Waals surface area contributed by atoms with Gasteiger partial charge in [-0.05, 0) is 30.9 Å². The lowest BCUT2D eigenvalue weighted by Crippen LogP contribution is -2.39. The summed E-state index contributed by atoms with van der Waals surface area (Å²) in [6.45, 7) is 2.19. The zero-order valence-electron chi connectivity index (χ0n) is 19.7. The van der Waals surface area contributed by atoms with Gasteiger partial charge < -0.3 is 24.2 Å². The quantitative estimate of drug-likeness (QED) is 0.362. The number of alkyl halides is 3. The van der Waals surface area contributed by atoms with Gasteiger partial charge in [-0.15, -0.1) is 0 Å². The van der Waals surface area contributed by atoms with E-state index in [0.29, 0.717) is 17.7 Å². The van der Waals surface area contributed by atoms with Crippen molar-refractivity contribution in [2.45, 2.75) is 25.1 Å². The molecule has 0 radical (unpaired) electrons. The Hall–Kier alpha value is -3.54. The number of aromatic nitrogens is 3. The molecular formula is C26H25F3N4O4. The van der Waals surface area contributed by atoms with Crippen LogP contribution in [0, 0.1) is 5.92 Å². The van der Waals surface area contributed by atoms with Crippen LogP contribution in [0.5, 0.6) is 0 Å². The van der Waals surface area contributed by atoms with Gasteiger partial charge in [-0.2, -0.15) is 18.2 Å². The van der Waals surface area contributed by atoms with Crippen molar-refractivity contribution in [2.75, 3.05) is 26.2 Å². The fourth-order valence-corrected chi connectivity index (χ4v) is 4.60. The maximum atomic E-state index is 13.9. The number of likely N-dealkylation sites (tertiary alicyclic amines) is 1. The molecule has 0 bridgehead atoms. The Morgan fingerprint density at radius 2 is 1.76 bits per heavy atom. The fourth-order valence-electron chi connectivity index (χ4n) is 4.60. The van der Waals surface area contributed by atoms with E-state index in [2.05, 4.69) is 20.2 Å². The third kappa shape index (κ3) is 5.43. The number of aliphatic hydroxyl groups excluding tert-OH is 2. The second kappa shape index (κ2) is 10.4. The van der Waals surface area contributed by atoms with Crippen LogP contribution in [0.15, 0.2) is 63.6 Å². The van der Waals surface area contributed by atoms with Gasteiger partial charge in [0.25, 0.3) is 5.89 Å². The number of nitrogens with zero attached hydrogens (tertiary/aromatic N) is 4.